The van der Waals surface area contributed by atoms with Crippen LogP contribution in [0.3, 0.4) is 0 Å². The molecule has 1 N–H and O–H groups in total. The van der Waals surface area contributed by atoms with Gasteiger partial charge in [0.05, 0.1) is 28.5 Å². The third kappa shape index (κ3) is 2.69. The highest BCUT2D eigenvalue weighted by Crippen LogP contribution is 2.31. The Hall–Kier alpha value is -1.07. The molecule has 0 amide bonds. The highest BCUT2D eigenvalue weighted by molar-refractivity contribution is 9.10. The molecule has 0 aliphatic heterocycles. The highest BCUT2D eigenvalue weighted by Gasteiger charge is 2.21. The smallest absolute Gasteiger partial charge is 0.0807 e. The molecule has 4 nitrogen and oxygen atoms in total. The van der Waals surface area contributed by atoms with Crippen molar-refractivity contribution in [3.8, 4) is 0 Å². The van der Waals surface area contributed by atoms with E-state index in [-0.39, 0.29) is 6.10 Å². The Balaban J connectivity index is 1.92. The monoisotopic (exact) mass is 351 g/mol. The largest absolute Gasteiger partial charge is 0.388 e. The van der Waals surface area contributed by atoms with Crippen LogP contribution in [0.15, 0.2) is 16.9 Å². The third-order valence-electron chi connectivity index (χ3n) is 4.31. The minimum absolute atomic E-state index is 0.291. The van der Waals surface area contributed by atoms with Gasteiger partial charge < -0.3 is 9.67 Å². The summed E-state index contributed by atoms with van der Waals surface area (Å²) in [5, 5.41) is 14.7. The summed E-state index contributed by atoms with van der Waals surface area (Å²) in [6.07, 6.45) is 7.96. The van der Waals surface area contributed by atoms with Gasteiger partial charge in [0, 0.05) is 24.5 Å². The first kappa shape index (κ1) is 14.9. The molecule has 0 radical (unpaired) electrons. The van der Waals surface area contributed by atoms with Crippen molar-refractivity contribution in [1.29, 1.82) is 0 Å². The van der Waals surface area contributed by atoms with Crippen LogP contribution in [0.4, 0.5) is 0 Å². The maximum atomic E-state index is 10.1. The topological polar surface area (TPSA) is 43.0 Å². The molecule has 1 aliphatic carbocycles. The van der Waals surface area contributed by atoms with Crippen LogP contribution < -0.4 is 0 Å². The lowest BCUT2D eigenvalue weighted by Gasteiger charge is -2.16. The van der Waals surface area contributed by atoms with Gasteiger partial charge in [0.1, 0.15) is 0 Å². The zero-order chi connectivity index (χ0) is 15.0. The van der Waals surface area contributed by atoms with Crippen molar-refractivity contribution >= 4 is 15.9 Å². The Labute approximate surface area is 133 Å². The molecule has 0 aromatic carbocycles. The number of aryl methyl sites for hydroxylation is 3. The van der Waals surface area contributed by atoms with Gasteiger partial charge in [-0.15, -0.1) is 0 Å². The van der Waals surface area contributed by atoms with Crippen molar-refractivity contribution in [2.24, 2.45) is 0 Å². The maximum Gasteiger partial charge on any atom is 0.0807 e. The average Bonchev–Trinajstić information content (AvgIpc) is 3.02. The fraction of sp³-hybridized carbons (Fsp3) is 0.562. The van der Waals surface area contributed by atoms with Gasteiger partial charge in [-0.2, -0.15) is 5.10 Å². The second-order valence-electron chi connectivity index (χ2n) is 5.70. The summed E-state index contributed by atoms with van der Waals surface area (Å²) in [5.41, 5.74) is 4.72. The van der Waals surface area contributed by atoms with E-state index in [9.17, 15) is 5.11 Å². The minimum Gasteiger partial charge on any atom is -0.388 e. The van der Waals surface area contributed by atoms with Crippen molar-refractivity contribution in [3.63, 3.8) is 0 Å². The normalized spacial score (nSPS) is 18.0. The molecular weight excluding hydrogens is 330 g/mol. The highest BCUT2D eigenvalue weighted by atomic mass is 79.9. The van der Waals surface area contributed by atoms with Crippen LogP contribution in [-0.4, -0.2) is 19.5 Å². The van der Waals surface area contributed by atoms with Gasteiger partial charge >= 0.3 is 0 Å². The first-order valence-corrected chi connectivity index (χ1v) is 8.54. The Bertz CT molecular complexity index is 644. The summed E-state index contributed by atoms with van der Waals surface area (Å²) in [5.74, 6) is 0. The van der Waals surface area contributed by atoms with Gasteiger partial charge in [-0.1, -0.05) is 6.92 Å². The summed E-state index contributed by atoms with van der Waals surface area (Å²) in [4.78, 5) is 0. The summed E-state index contributed by atoms with van der Waals surface area (Å²) < 4.78 is 5.38. The van der Waals surface area contributed by atoms with Crippen molar-refractivity contribution in [2.45, 2.75) is 58.7 Å². The van der Waals surface area contributed by atoms with Crippen LogP contribution in [0, 0.1) is 0 Å². The Morgan fingerprint density at radius 1 is 1.38 bits per heavy atom. The quantitative estimate of drug-likeness (QED) is 0.916. The Morgan fingerprint density at radius 2 is 2.19 bits per heavy atom. The molecular formula is C16H22BrN3O. The molecule has 114 valence electrons. The van der Waals surface area contributed by atoms with Crippen LogP contribution in [0.1, 0.15) is 55.3 Å². The van der Waals surface area contributed by atoms with Gasteiger partial charge in [0.2, 0.25) is 0 Å². The zero-order valence-corrected chi connectivity index (χ0v) is 14.2. The predicted octanol–water partition coefficient (Wildman–Crippen LogP) is 3.45. The van der Waals surface area contributed by atoms with E-state index < -0.39 is 0 Å². The number of aliphatic hydroxyl groups is 1. The van der Waals surface area contributed by atoms with Crippen LogP contribution in [0.25, 0.3) is 0 Å². The molecule has 0 saturated carbocycles. The Kier molecular flexibility index (Phi) is 4.22. The third-order valence-corrected chi connectivity index (χ3v) is 5.22. The van der Waals surface area contributed by atoms with E-state index in [1.807, 2.05) is 0 Å². The number of nitrogens with zero attached hydrogens (tertiary/aromatic N) is 3. The number of aliphatic hydroxyl groups excluding tert-OH is 1. The molecule has 0 bridgehead atoms. The molecule has 1 atom stereocenters. The van der Waals surface area contributed by atoms with Gasteiger partial charge in [-0.05, 0) is 54.1 Å². The number of halogens is 1. The fourth-order valence-electron chi connectivity index (χ4n) is 3.16. The first-order chi connectivity index (χ1) is 10.1. The van der Waals surface area contributed by atoms with Crippen molar-refractivity contribution in [1.82, 2.24) is 14.3 Å². The molecule has 0 fully saturated rings. The standard InChI is InChI=1S/C16H22BrN3O/c1-3-13-16(17)14(20(4-2)18-13)10-19-8-11-6-5-7-15(21)12(11)9-19/h8-9,15,21H,3-7,10H2,1-2H3. The number of rotatable bonds is 4. The molecule has 1 aliphatic rings. The number of aromatic nitrogens is 3. The lowest BCUT2D eigenvalue weighted by Crippen LogP contribution is -2.07. The van der Waals surface area contributed by atoms with Gasteiger partial charge in [0.15, 0.2) is 0 Å². The van der Waals surface area contributed by atoms with E-state index >= 15 is 0 Å². The van der Waals surface area contributed by atoms with E-state index in [0.29, 0.717) is 0 Å². The van der Waals surface area contributed by atoms with Crippen LogP contribution >= 0.6 is 15.9 Å². The Morgan fingerprint density at radius 3 is 2.86 bits per heavy atom. The van der Waals surface area contributed by atoms with Gasteiger partial charge in [-0.25, -0.2) is 0 Å². The zero-order valence-electron chi connectivity index (χ0n) is 12.6. The summed E-state index contributed by atoms with van der Waals surface area (Å²) in [6, 6.07) is 0. The molecule has 2 aromatic rings. The minimum atomic E-state index is -0.291. The van der Waals surface area contributed by atoms with Crippen LogP contribution in [0.2, 0.25) is 0 Å². The van der Waals surface area contributed by atoms with E-state index in [1.54, 1.807) is 0 Å². The van der Waals surface area contributed by atoms with Gasteiger partial charge in [-0.3, -0.25) is 4.68 Å². The molecule has 2 aromatic heterocycles. The SMILES string of the molecule is CCc1nn(CC)c(Cn2cc3c(c2)C(O)CCC3)c1Br. The lowest BCUT2D eigenvalue weighted by atomic mass is 9.93. The molecule has 1 unspecified atom stereocenters. The second kappa shape index (κ2) is 5.97. The van der Waals surface area contributed by atoms with E-state index in [4.69, 9.17) is 0 Å². The number of fused-ring (bicyclic) bond motifs is 1. The van der Waals surface area contributed by atoms with E-state index in [1.165, 1.54) is 11.3 Å². The molecule has 2 heterocycles. The predicted molar refractivity (Wildman–Crippen MR) is 86.4 cm³/mol. The van der Waals surface area contributed by atoms with E-state index in [0.717, 1.165) is 54.5 Å². The maximum absolute atomic E-state index is 10.1. The van der Waals surface area contributed by atoms with Crippen molar-refractivity contribution in [2.75, 3.05) is 0 Å². The van der Waals surface area contributed by atoms with E-state index in [2.05, 4.69) is 56.5 Å². The molecule has 3 rings (SSSR count). The second-order valence-corrected chi connectivity index (χ2v) is 6.49. The molecule has 21 heavy (non-hydrogen) atoms. The van der Waals surface area contributed by atoms with Crippen LogP contribution in [-0.2, 0) is 25.9 Å². The summed E-state index contributed by atoms with van der Waals surface area (Å²) >= 11 is 3.70. The summed E-state index contributed by atoms with van der Waals surface area (Å²) in [7, 11) is 0. The van der Waals surface area contributed by atoms with Crippen molar-refractivity contribution in [3.05, 3.63) is 39.4 Å². The number of hydrogen-bond acceptors (Lipinski definition) is 2. The average molecular weight is 352 g/mol. The summed E-state index contributed by atoms with van der Waals surface area (Å²) in [6.45, 7) is 5.91. The fourth-order valence-corrected chi connectivity index (χ4v) is 3.85. The molecule has 0 spiro atoms. The number of hydrogen-bond donors (Lipinski definition) is 1. The lowest BCUT2D eigenvalue weighted by molar-refractivity contribution is 0.157. The van der Waals surface area contributed by atoms with Crippen molar-refractivity contribution < 1.29 is 5.11 Å². The van der Waals surface area contributed by atoms with Gasteiger partial charge in [0.25, 0.3) is 0 Å². The molecule has 5 heteroatoms. The molecule has 0 saturated heterocycles. The first-order valence-electron chi connectivity index (χ1n) is 7.74. The van der Waals surface area contributed by atoms with Crippen LogP contribution in [0.5, 0.6) is 0 Å².